The van der Waals surface area contributed by atoms with Gasteiger partial charge in [0.25, 0.3) is 0 Å². The van der Waals surface area contributed by atoms with E-state index >= 15 is 0 Å². The number of sulfonamides is 1. The van der Waals surface area contributed by atoms with E-state index in [4.69, 9.17) is 4.74 Å². The van der Waals surface area contributed by atoms with E-state index in [0.717, 1.165) is 25.7 Å². The molecule has 0 aromatic rings. The predicted octanol–water partition coefficient (Wildman–Crippen LogP) is 0.237. The van der Waals surface area contributed by atoms with Crippen molar-refractivity contribution in [2.24, 2.45) is 5.92 Å². The van der Waals surface area contributed by atoms with Crippen LogP contribution in [-0.2, 0) is 19.6 Å². The fraction of sp³-hybridized carbons (Fsp3) is 0.929. The van der Waals surface area contributed by atoms with Gasteiger partial charge in [-0.1, -0.05) is 0 Å². The summed E-state index contributed by atoms with van der Waals surface area (Å²) >= 11 is 0. The third kappa shape index (κ3) is 2.49. The Bertz CT molecular complexity index is 541. The van der Waals surface area contributed by atoms with Crippen LogP contribution in [-0.4, -0.2) is 55.2 Å². The van der Waals surface area contributed by atoms with E-state index < -0.39 is 10.0 Å². The maximum atomic E-state index is 12.3. The van der Waals surface area contributed by atoms with Crippen LogP contribution < -0.4 is 5.32 Å². The lowest BCUT2D eigenvalue weighted by Gasteiger charge is -2.32. The molecule has 2 saturated carbocycles. The van der Waals surface area contributed by atoms with Crippen molar-refractivity contribution in [1.82, 2.24) is 9.62 Å². The van der Waals surface area contributed by atoms with E-state index in [1.807, 2.05) is 0 Å². The lowest BCUT2D eigenvalue weighted by Crippen LogP contribution is -2.49. The summed E-state index contributed by atoms with van der Waals surface area (Å²) in [5.41, 5.74) is 0. The fourth-order valence-corrected chi connectivity index (χ4v) is 5.43. The van der Waals surface area contributed by atoms with Crippen LogP contribution in [0.5, 0.6) is 0 Å². The number of nitrogens with one attached hydrogen (secondary N) is 1. The summed E-state index contributed by atoms with van der Waals surface area (Å²) in [5, 5.41) is 2.89. The number of fused-ring (bicyclic) bond motifs is 2. The first-order valence-electron chi connectivity index (χ1n) is 7.99. The van der Waals surface area contributed by atoms with Crippen LogP contribution >= 0.6 is 0 Å². The zero-order valence-electron chi connectivity index (χ0n) is 12.0. The van der Waals surface area contributed by atoms with Gasteiger partial charge >= 0.3 is 0 Å². The molecule has 6 nitrogen and oxygen atoms in total. The molecule has 7 heteroatoms. The standard InChI is InChI=1S/C14H22N2O4S/c17-14(15-9-2-1-3-9)12-6-10-7-16(8-13(12)20-10)21(18,19)11-4-5-11/h9-13H,1-8H2,(H,15,17)/t10-,12+,13-/m1/s1. The normalized spacial score (nSPS) is 37.2. The predicted molar refractivity (Wildman–Crippen MR) is 76.1 cm³/mol. The molecule has 2 saturated heterocycles. The summed E-state index contributed by atoms with van der Waals surface area (Å²) in [5.74, 6) is -0.132. The van der Waals surface area contributed by atoms with Gasteiger partial charge in [0.05, 0.1) is 23.4 Å². The first-order valence-corrected chi connectivity index (χ1v) is 9.49. The number of carbonyl (C=O) groups is 1. The van der Waals surface area contributed by atoms with Gasteiger partial charge in [-0.2, -0.15) is 4.31 Å². The highest BCUT2D eigenvalue weighted by Crippen LogP contribution is 2.37. The molecule has 118 valence electrons. The van der Waals surface area contributed by atoms with E-state index in [9.17, 15) is 13.2 Å². The van der Waals surface area contributed by atoms with Crippen molar-refractivity contribution in [2.75, 3.05) is 13.1 Å². The summed E-state index contributed by atoms with van der Waals surface area (Å²) in [6.45, 7) is 0.765. The molecule has 3 atom stereocenters. The summed E-state index contributed by atoms with van der Waals surface area (Å²) < 4.78 is 32.1. The van der Waals surface area contributed by atoms with Crippen molar-refractivity contribution < 1.29 is 17.9 Å². The highest BCUT2D eigenvalue weighted by molar-refractivity contribution is 7.90. The number of nitrogens with zero attached hydrogens (tertiary/aromatic N) is 1. The quantitative estimate of drug-likeness (QED) is 0.806. The molecular formula is C14H22N2O4S. The number of hydrogen-bond acceptors (Lipinski definition) is 4. The van der Waals surface area contributed by atoms with E-state index in [1.165, 1.54) is 6.42 Å². The zero-order chi connectivity index (χ0) is 14.6. The molecule has 2 heterocycles. The van der Waals surface area contributed by atoms with Crippen LogP contribution in [0.25, 0.3) is 0 Å². The Balaban J connectivity index is 1.43. The van der Waals surface area contributed by atoms with Gasteiger partial charge in [0, 0.05) is 19.1 Å². The minimum Gasteiger partial charge on any atom is -0.371 e. The van der Waals surface area contributed by atoms with E-state index in [0.29, 0.717) is 25.6 Å². The van der Waals surface area contributed by atoms with Crippen molar-refractivity contribution in [1.29, 1.82) is 0 Å². The summed E-state index contributed by atoms with van der Waals surface area (Å²) in [6, 6.07) is 0.323. The van der Waals surface area contributed by atoms with Crippen LogP contribution in [0.15, 0.2) is 0 Å². The fourth-order valence-electron chi connectivity index (χ4n) is 3.54. The van der Waals surface area contributed by atoms with Crippen LogP contribution in [0.2, 0.25) is 0 Å². The van der Waals surface area contributed by atoms with E-state index in [2.05, 4.69) is 5.32 Å². The van der Waals surface area contributed by atoms with Crippen LogP contribution in [0.1, 0.15) is 38.5 Å². The maximum absolute atomic E-state index is 12.3. The molecule has 0 unspecified atom stereocenters. The molecular weight excluding hydrogens is 292 g/mol. The molecule has 4 rings (SSSR count). The second-order valence-corrected chi connectivity index (χ2v) is 9.05. The third-order valence-electron chi connectivity index (χ3n) is 5.22. The Hall–Kier alpha value is -0.660. The molecule has 2 aliphatic carbocycles. The van der Waals surface area contributed by atoms with Crippen molar-refractivity contribution in [3.05, 3.63) is 0 Å². The van der Waals surface area contributed by atoms with Crippen LogP contribution in [0, 0.1) is 5.92 Å². The summed E-state index contributed by atoms with van der Waals surface area (Å²) in [7, 11) is -3.16. The number of rotatable bonds is 4. The molecule has 2 bridgehead atoms. The Labute approximate surface area is 125 Å². The Kier molecular flexibility index (Phi) is 3.28. The average Bonchev–Trinajstić information content (AvgIpc) is 3.21. The number of morpholine rings is 1. The van der Waals surface area contributed by atoms with Gasteiger partial charge in [-0.15, -0.1) is 0 Å². The Morgan fingerprint density at radius 3 is 2.52 bits per heavy atom. The second-order valence-electron chi connectivity index (χ2n) is 6.84. The highest BCUT2D eigenvalue weighted by atomic mass is 32.2. The number of ether oxygens (including phenoxy) is 1. The topological polar surface area (TPSA) is 75.7 Å². The molecule has 0 aromatic carbocycles. The zero-order valence-corrected chi connectivity index (χ0v) is 12.8. The van der Waals surface area contributed by atoms with E-state index in [-0.39, 0.29) is 29.3 Å². The Morgan fingerprint density at radius 1 is 1.14 bits per heavy atom. The Morgan fingerprint density at radius 2 is 1.90 bits per heavy atom. The molecule has 4 fully saturated rings. The molecule has 0 radical (unpaired) electrons. The number of amides is 1. The highest BCUT2D eigenvalue weighted by Gasteiger charge is 2.50. The lowest BCUT2D eigenvalue weighted by atomic mass is 9.91. The molecule has 2 aliphatic heterocycles. The third-order valence-corrected chi connectivity index (χ3v) is 7.55. The van der Waals surface area contributed by atoms with Crippen LogP contribution in [0.3, 0.4) is 0 Å². The molecule has 0 spiro atoms. The molecule has 4 aliphatic rings. The minimum atomic E-state index is -3.16. The largest absolute Gasteiger partial charge is 0.371 e. The number of hydrogen-bond donors (Lipinski definition) is 1. The van der Waals surface area contributed by atoms with Crippen molar-refractivity contribution in [3.8, 4) is 0 Å². The first-order chi connectivity index (χ1) is 10.0. The second kappa shape index (κ2) is 4.93. The molecule has 21 heavy (non-hydrogen) atoms. The van der Waals surface area contributed by atoms with Crippen molar-refractivity contribution in [3.63, 3.8) is 0 Å². The van der Waals surface area contributed by atoms with Crippen molar-refractivity contribution >= 4 is 15.9 Å². The van der Waals surface area contributed by atoms with Gasteiger partial charge in [0.15, 0.2) is 0 Å². The van der Waals surface area contributed by atoms with Gasteiger partial charge in [-0.25, -0.2) is 8.42 Å². The van der Waals surface area contributed by atoms with Crippen molar-refractivity contribution in [2.45, 2.75) is 62.0 Å². The summed E-state index contributed by atoms with van der Waals surface area (Å²) in [4.78, 5) is 12.3. The van der Waals surface area contributed by atoms with Gasteiger partial charge in [0.1, 0.15) is 0 Å². The van der Waals surface area contributed by atoms with E-state index in [1.54, 1.807) is 4.31 Å². The SMILES string of the molecule is O=C(NC1CCC1)[C@H]1C[C@@H]2CN(S(=O)(=O)C3CC3)C[C@H]1O2. The summed E-state index contributed by atoms with van der Waals surface area (Å²) in [6.07, 6.45) is 5.14. The molecule has 1 N–H and O–H groups in total. The van der Waals surface area contributed by atoms with Gasteiger partial charge in [-0.05, 0) is 38.5 Å². The number of carbonyl (C=O) groups excluding carboxylic acids is 1. The van der Waals surface area contributed by atoms with Gasteiger partial charge < -0.3 is 10.1 Å². The lowest BCUT2D eigenvalue weighted by molar-refractivity contribution is -0.128. The van der Waals surface area contributed by atoms with Gasteiger partial charge in [0.2, 0.25) is 15.9 Å². The smallest absolute Gasteiger partial charge is 0.226 e. The average molecular weight is 314 g/mol. The minimum absolute atomic E-state index is 0.0536. The first kappa shape index (κ1) is 14.0. The van der Waals surface area contributed by atoms with Crippen LogP contribution in [0.4, 0.5) is 0 Å². The van der Waals surface area contributed by atoms with Gasteiger partial charge in [-0.3, -0.25) is 4.79 Å². The molecule has 1 amide bonds. The monoisotopic (exact) mass is 314 g/mol. The molecule has 0 aromatic heterocycles. The maximum Gasteiger partial charge on any atom is 0.226 e.